The molecular weight excluding hydrogens is 443 g/mol. The summed E-state index contributed by atoms with van der Waals surface area (Å²) in [7, 11) is -3.99. The van der Waals surface area contributed by atoms with Gasteiger partial charge in [0, 0.05) is 16.9 Å². The van der Waals surface area contributed by atoms with Gasteiger partial charge in [0.2, 0.25) is 0 Å². The third-order valence-electron chi connectivity index (χ3n) is 3.69. The van der Waals surface area contributed by atoms with Crippen LogP contribution in [0.15, 0.2) is 71.6 Å². The Balaban J connectivity index is 1.88. The number of hydrogen-bond acceptors (Lipinski definition) is 3. The van der Waals surface area contributed by atoms with Crippen molar-refractivity contribution in [1.29, 1.82) is 0 Å². The second-order valence-electron chi connectivity index (χ2n) is 5.70. The monoisotopic (exact) mass is 454 g/mol. The van der Waals surface area contributed by atoms with Crippen LogP contribution in [0.3, 0.4) is 0 Å². The molecule has 3 aromatic carbocycles. The molecule has 1 amide bonds. The summed E-state index contributed by atoms with van der Waals surface area (Å²) in [4.78, 5) is 12.3. The minimum Gasteiger partial charge on any atom is -0.322 e. The Labute approximate surface area is 177 Å². The van der Waals surface area contributed by atoms with E-state index >= 15 is 0 Å². The van der Waals surface area contributed by atoms with E-state index in [-0.39, 0.29) is 20.5 Å². The van der Waals surface area contributed by atoms with Gasteiger partial charge in [-0.3, -0.25) is 9.52 Å². The lowest BCUT2D eigenvalue weighted by molar-refractivity contribution is 0.102. The molecule has 0 aromatic heterocycles. The predicted octanol–water partition coefficient (Wildman–Crippen LogP) is 5.70. The van der Waals surface area contributed by atoms with E-state index in [2.05, 4.69) is 10.0 Å². The molecule has 0 heterocycles. The molecule has 0 saturated heterocycles. The lowest BCUT2D eigenvalue weighted by Crippen LogP contribution is -2.16. The predicted molar refractivity (Wildman–Crippen MR) is 113 cm³/mol. The molecule has 0 bridgehead atoms. The maximum atomic E-state index is 12.7. The molecule has 0 radical (unpaired) electrons. The maximum absolute atomic E-state index is 12.7. The summed E-state index contributed by atoms with van der Waals surface area (Å²) in [6.07, 6.45) is 0. The number of anilines is 2. The van der Waals surface area contributed by atoms with Gasteiger partial charge in [-0.15, -0.1) is 0 Å². The average molecular weight is 456 g/mol. The Morgan fingerprint density at radius 2 is 1.43 bits per heavy atom. The molecule has 28 heavy (non-hydrogen) atoms. The van der Waals surface area contributed by atoms with Crippen molar-refractivity contribution >= 4 is 62.1 Å². The number of carbonyl (C=O) groups is 1. The van der Waals surface area contributed by atoms with E-state index in [0.29, 0.717) is 16.4 Å². The van der Waals surface area contributed by atoms with Crippen LogP contribution >= 0.6 is 34.8 Å². The molecule has 0 aliphatic carbocycles. The van der Waals surface area contributed by atoms with Crippen LogP contribution in [0.4, 0.5) is 11.4 Å². The highest BCUT2D eigenvalue weighted by Crippen LogP contribution is 2.27. The molecule has 9 heteroatoms. The fourth-order valence-electron chi connectivity index (χ4n) is 2.34. The Hall–Kier alpha value is -2.25. The van der Waals surface area contributed by atoms with Crippen LogP contribution in [0.2, 0.25) is 15.1 Å². The van der Waals surface area contributed by atoms with Crippen LogP contribution in [0.25, 0.3) is 0 Å². The number of nitrogens with one attached hydrogen (secondary N) is 2. The number of benzene rings is 3. The molecule has 0 unspecified atom stereocenters. The van der Waals surface area contributed by atoms with Crippen LogP contribution in [0.5, 0.6) is 0 Å². The van der Waals surface area contributed by atoms with Gasteiger partial charge in [0.15, 0.2) is 0 Å². The zero-order chi connectivity index (χ0) is 20.3. The summed E-state index contributed by atoms with van der Waals surface area (Å²) in [6.45, 7) is 0. The summed E-state index contributed by atoms with van der Waals surface area (Å²) in [5.41, 5.74) is 0.911. The SMILES string of the molecule is O=C(Nc1ccc(Cl)c(Cl)c1)c1ccc(Cl)c(S(=O)(=O)Nc2ccccc2)c1. The lowest BCUT2D eigenvalue weighted by atomic mass is 10.2. The van der Waals surface area contributed by atoms with E-state index in [1.165, 1.54) is 24.3 Å². The van der Waals surface area contributed by atoms with Crippen LogP contribution in [-0.4, -0.2) is 14.3 Å². The van der Waals surface area contributed by atoms with Crippen molar-refractivity contribution in [3.05, 3.63) is 87.4 Å². The van der Waals surface area contributed by atoms with E-state index in [1.54, 1.807) is 42.5 Å². The normalized spacial score (nSPS) is 11.1. The molecule has 0 aliphatic heterocycles. The van der Waals surface area contributed by atoms with Gasteiger partial charge in [0.25, 0.3) is 15.9 Å². The van der Waals surface area contributed by atoms with E-state index in [9.17, 15) is 13.2 Å². The van der Waals surface area contributed by atoms with E-state index in [0.717, 1.165) is 0 Å². The van der Waals surface area contributed by atoms with Gasteiger partial charge in [0.05, 0.1) is 15.1 Å². The second-order valence-corrected chi connectivity index (χ2v) is 8.57. The highest BCUT2D eigenvalue weighted by atomic mass is 35.5. The summed E-state index contributed by atoms with van der Waals surface area (Å²) < 4.78 is 27.8. The minimum absolute atomic E-state index is 0.00508. The van der Waals surface area contributed by atoms with Crippen molar-refractivity contribution in [2.75, 3.05) is 10.0 Å². The van der Waals surface area contributed by atoms with Gasteiger partial charge in [-0.25, -0.2) is 8.42 Å². The smallest absolute Gasteiger partial charge is 0.263 e. The van der Waals surface area contributed by atoms with E-state index in [1.807, 2.05) is 0 Å². The van der Waals surface area contributed by atoms with Crippen LogP contribution in [0, 0.1) is 0 Å². The number of amides is 1. The van der Waals surface area contributed by atoms with Crippen molar-refractivity contribution in [1.82, 2.24) is 0 Å². The summed E-state index contributed by atoms with van der Waals surface area (Å²) in [5.74, 6) is -0.522. The molecule has 0 aliphatic rings. The molecule has 0 atom stereocenters. The number of sulfonamides is 1. The Morgan fingerprint density at radius 3 is 2.11 bits per heavy atom. The number of rotatable bonds is 5. The van der Waals surface area contributed by atoms with Gasteiger partial charge in [0.1, 0.15) is 4.90 Å². The molecule has 0 saturated carbocycles. The van der Waals surface area contributed by atoms with Crippen molar-refractivity contribution in [3.8, 4) is 0 Å². The highest BCUT2D eigenvalue weighted by molar-refractivity contribution is 7.92. The largest absolute Gasteiger partial charge is 0.322 e. The molecule has 0 fully saturated rings. The number of hydrogen-bond donors (Lipinski definition) is 2. The quantitative estimate of drug-likeness (QED) is 0.518. The number of halogens is 3. The Bertz CT molecular complexity index is 1140. The summed E-state index contributed by atoms with van der Waals surface area (Å²) in [5, 5.41) is 3.27. The maximum Gasteiger partial charge on any atom is 0.263 e. The first-order valence-electron chi connectivity index (χ1n) is 7.90. The molecule has 3 aromatic rings. The molecule has 2 N–H and O–H groups in total. The van der Waals surface area contributed by atoms with Gasteiger partial charge in [-0.2, -0.15) is 0 Å². The first-order valence-corrected chi connectivity index (χ1v) is 10.5. The summed E-state index contributed by atoms with van der Waals surface area (Å²) >= 11 is 17.9. The highest BCUT2D eigenvalue weighted by Gasteiger charge is 2.20. The lowest BCUT2D eigenvalue weighted by Gasteiger charge is -2.11. The number of carbonyl (C=O) groups excluding carboxylic acids is 1. The fourth-order valence-corrected chi connectivity index (χ4v) is 4.23. The van der Waals surface area contributed by atoms with Gasteiger partial charge >= 0.3 is 0 Å². The fraction of sp³-hybridized carbons (Fsp3) is 0. The minimum atomic E-state index is -3.99. The summed E-state index contributed by atoms with van der Waals surface area (Å²) in [6, 6.07) is 17.0. The zero-order valence-electron chi connectivity index (χ0n) is 14.1. The first kappa shape index (κ1) is 20.5. The standard InChI is InChI=1S/C19H13Cl3N2O3S/c20-15-9-7-14(11-17(15)22)23-19(25)12-6-8-16(21)18(10-12)28(26,27)24-13-4-2-1-3-5-13/h1-11,24H,(H,23,25). The van der Waals surface area contributed by atoms with Crippen LogP contribution in [0.1, 0.15) is 10.4 Å². The van der Waals surface area contributed by atoms with E-state index in [4.69, 9.17) is 34.8 Å². The van der Waals surface area contributed by atoms with Crippen LogP contribution < -0.4 is 10.0 Å². The second kappa shape index (κ2) is 8.41. The van der Waals surface area contributed by atoms with Crippen molar-refractivity contribution in [3.63, 3.8) is 0 Å². The topological polar surface area (TPSA) is 75.3 Å². The third-order valence-corrected chi connectivity index (χ3v) is 6.29. The van der Waals surface area contributed by atoms with E-state index < -0.39 is 15.9 Å². The third kappa shape index (κ3) is 4.77. The number of para-hydroxylation sites is 1. The van der Waals surface area contributed by atoms with Gasteiger partial charge < -0.3 is 5.32 Å². The molecular formula is C19H13Cl3N2O3S. The first-order chi connectivity index (χ1) is 13.3. The van der Waals surface area contributed by atoms with Crippen molar-refractivity contribution < 1.29 is 13.2 Å². The Kier molecular flexibility index (Phi) is 6.15. The van der Waals surface area contributed by atoms with Crippen LogP contribution in [-0.2, 0) is 10.0 Å². The van der Waals surface area contributed by atoms with Gasteiger partial charge in [-0.1, -0.05) is 53.0 Å². The van der Waals surface area contributed by atoms with Crippen molar-refractivity contribution in [2.24, 2.45) is 0 Å². The average Bonchev–Trinajstić information content (AvgIpc) is 2.65. The Morgan fingerprint density at radius 1 is 0.750 bits per heavy atom. The zero-order valence-corrected chi connectivity index (χ0v) is 17.2. The molecule has 3 rings (SSSR count). The van der Waals surface area contributed by atoms with Crippen molar-refractivity contribution in [2.45, 2.75) is 4.90 Å². The molecule has 144 valence electrons. The molecule has 0 spiro atoms. The molecule has 5 nitrogen and oxygen atoms in total. The van der Waals surface area contributed by atoms with Gasteiger partial charge in [-0.05, 0) is 48.5 Å².